The Labute approximate surface area is 128 Å². The molecule has 1 saturated heterocycles. The Morgan fingerprint density at radius 2 is 1.68 bits per heavy atom. The van der Waals surface area contributed by atoms with Gasteiger partial charge in [0, 0.05) is 17.1 Å². The average molecular weight is 305 g/mol. The van der Waals surface area contributed by atoms with Crippen LogP contribution >= 0.6 is 0 Å². The van der Waals surface area contributed by atoms with Crippen molar-refractivity contribution >= 4 is 23.5 Å². The zero-order valence-corrected chi connectivity index (χ0v) is 13.1. The van der Waals surface area contributed by atoms with Crippen LogP contribution in [0.3, 0.4) is 0 Å². The number of hydrogen-bond acceptors (Lipinski definition) is 3. The van der Waals surface area contributed by atoms with Crippen molar-refractivity contribution in [3.8, 4) is 0 Å². The van der Waals surface area contributed by atoms with Crippen LogP contribution in [0.5, 0.6) is 0 Å². The first kappa shape index (κ1) is 15.4. The van der Waals surface area contributed by atoms with Crippen molar-refractivity contribution in [3.63, 3.8) is 0 Å². The number of nitrogens with zero attached hydrogens (tertiary/aromatic N) is 1. The summed E-state index contributed by atoms with van der Waals surface area (Å²) >= 11 is 0. The SMILES string of the molecule is CC1(C)OB(c2ccc3nccc(C(F)F)c3c2)OC1(C)C. The Balaban J connectivity index is 2.05. The van der Waals surface area contributed by atoms with E-state index in [1.807, 2.05) is 33.8 Å². The van der Waals surface area contributed by atoms with Gasteiger partial charge in [0.05, 0.1) is 16.7 Å². The first-order valence-electron chi connectivity index (χ1n) is 7.24. The smallest absolute Gasteiger partial charge is 0.399 e. The molecule has 0 N–H and O–H groups in total. The van der Waals surface area contributed by atoms with Crippen LogP contribution in [0.1, 0.15) is 39.7 Å². The van der Waals surface area contributed by atoms with Gasteiger partial charge < -0.3 is 9.31 Å². The van der Waals surface area contributed by atoms with Gasteiger partial charge in [0.2, 0.25) is 0 Å². The Morgan fingerprint density at radius 3 is 2.27 bits per heavy atom. The lowest BCUT2D eigenvalue weighted by molar-refractivity contribution is 0.00578. The molecule has 0 bridgehead atoms. The molecule has 3 nitrogen and oxygen atoms in total. The molecule has 1 aromatic heterocycles. The van der Waals surface area contributed by atoms with Crippen LogP contribution in [0.4, 0.5) is 8.78 Å². The largest absolute Gasteiger partial charge is 0.494 e. The van der Waals surface area contributed by atoms with E-state index in [4.69, 9.17) is 9.31 Å². The molecule has 22 heavy (non-hydrogen) atoms. The fourth-order valence-electron chi connectivity index (χ4n) is 2.50. The maximum atomic E-state index is 13.2. The quantitative estimate of drug-likeness (QED) is 0.796. The number of fused-ring (bicyclic) bond motifs is 1. The van der Waals surface area contributed by atoms with Crippen molar-refractivity contribution in [2.45, 2.75) is 45.3 Å². The summed E-state index contributed by atoms with van der Waals surface area (Å²) in [6.45, 7) is 7.83. The second-order valence-electron chi connectivity index (χ2n) is 6.57. The molecule has 6 heteroatoms. The zero-order valence-electron chi connectivity index (χ0n) is 13.1. The normalized spacial score (nSPS) is 20.0. The highest BCUT2D eigenvalue weighted by molar-refractivity contribution is 6.62. The molecular weight excluding hydrogens is 287 g/mol. The third kappa shape index (κ3) is 2.40. The van der Waals surface area contributed by atoms with E-state index in [9.17, 15) is 8.78 Å². The summed E-state index contributed by atoms with van der Waals surface area (Å²) in [4.78, 5) is 4.13. The van der Waals surface area contributed by atoms with Crippen molar-refractivity contribution in [3.05, 3.63) is 36.0 Å². The van der Waals surface area contributed by atoms with Gasteiger partial charge >= 0.3 is 7.12 Å². The van der Waals surface area contributed by atoms with Crippen molar-refractivity contribution in [1.29, 1.82) is 0 Å². The van der Waals surface area contributed by atoms with Gasteiger partial charge in [0.1, 0.15) is 0 Å². The minimum absolute atomic E-state index is 0.0247. The molecule has 0 atom stereocenters. The topological polar surface area (TPSA) is 31.4 Å². The molecule has 3 rings (SSSR count). The summed E-state index contributed by atoms with van der Waals surface area (Å²) in [6, 6.07) is 6.57. The lowest BCUT2D eigenvalue weighted by atomic mass is 9.78. The van der Waals surface area contributed by atoms with Crippen LogP contribution in [-0.4, -0.2) is 23.3 Å². The first-order valence-corrected chi connectivity index (χ1v) is 7.24. The third-order valence-corrected chi connectivity index (χ3v) is 4.56. The predicted molar refractivity (Wildman–Crippen MR) is 82.4 cm³/mol. The van der Waals surface area contributed by atoms with E-state index < -0.39 is 24.7 Å². The molecule has 1 aliphatic rings. The molecular formula is C16H18BF2NO2. The third-order valence-electron chi connectivity index (χ3n) is 4.56. The summed E-state index contributed by atoms with van der Waals surface area (Å²) in [7, 11) is -0.569. The number of pyridine rings is 1. The molecule has 116 valence electrons. The minimum Gasteiger partial charge on any atom is -0.399 e. The van der Waals surface area contributed by atoms with E-state index in [0.717, 1.165) is 5.46 Å². The molecule has 0 saturated carbocycles. The van der Waals surface area contributed by atoms with E-state index in [2.05, 4.69) is 4.98 Å². The highest BCUT2D eigenvalue weighted by atomic mass is 19.3. The van der Waals surface area contributed by atoms with Gasteiger partial charge in [-0.1, -0.05) is 12.1 Å². The molecule has 2 heterocycles. The predicted octanol–water partition coefficient (Wildman–Crippen LogP) is 3.47. The van der Waals surface area contributed by atoms with Gasteiger partial charge in [-0.15, -0.1) is 0 Å². The van der Waals surface area contributed by atoms with Crippen molar-refractivity contribution in [1.82, 2.24) is 4.98 Å². The lowest BCUT2D eigenvalue weighted by Gasteiger charge is -2.32. The lowest BCUT2D eigenvalue weighted by Crippen LogP contribution is -2.41. The molecule has 0 amide bonds. The van der Waals surface area contributed by atoms with Crippen molar-refractivity contribution in [2.24, 2.45) is 0 Å². The second kappa shape index (κ2) is 5.00. The summed E-state index contributed by atoms with van der Waals surface area (Å²) in [5.74, 6) is 0. The summed E-state index contributed by atoms with van der Waals surface area (Å²) in [6.07, 6.45) is -1.14. The summed E-state index contributed by atoms with van der Waals surface area (Å²) in [5.41, 5.74) is 0.308. The Hall–Kier alpha value is -1.53. The molecule has 0 aliphatic carbocycles. The Morgan fingerprint density at radius 1 is 1.05 bits per heavy atom. The van der Waals surface area contributed by atoms with Crippen LogP contribution in [0.2, 0.25) is 0 Å². The monoisotopic (exact) mass is 305 g/mol. The highest BCUT2D eigenvalue weighted by Crippen LogP contribution is 2.36. The number of aromatic nitrogens is 1. The van der Waals surface area contributed by atoms with E-state index in [0.29, 0.717) is 10.9 Å². The van der Waals surface area contributed by atoms with Gasteiger partial charge in [-0.2, -0.15) is 0 Å². The fourth-order valence-corrected chi connectivity index (χ4v) is 2.50. The van der Waals surface area contributed by atoms with Crippen LogP contribution in [0, 0.1) is 0 Å². The second-order valence-corrected chi connectivity index (χ2v) is 6.57. The van der Waals surface area contributed by atoms with E-state index in [1.165, 1.54) is 12.3 Å². The average Bonchev–Trinajstić information content (AvgIpc) is 2.66. The standard InChI is InChI=1S/C16H18BF2NO2/c1-15(2)16(3,4)22-17(21-15)10-5-6-13-12(9-10)11(14(18)19)7-8-20-13/h5-9,14H,1-4H3. The summed E-state index contributed by atoms with van der Waals surface area (Å²) < 4.78 is 38.3. The molecule has 0 spiro atoms. The molecule has 0 radical (unpaired) electrons. The van der Waals surface area contributed by atoms with Gasteiger partial charge in [-0.05, 0) is 45.3 Å². The maximum Gasteiger partial charge on any atom is 0.494 e. The van der Waals surface area contributed by atoms with E-state index in [1.54, 1.807) is 12.1 Å². The fraction of sp³-hybridized carbons (Fsp3) is 0.438. The van der Waals surface area contributed by atoms with Crippen LogP contribution in [0.15, 0.2) is 30.5 Å². The van der Waals surface area contributed by atoms with Gasteiger partial charge in [-0.25, -0.2) is 8.78 Å². The first-order chi connectivity index (χ1) is 10.2. The summed E-state index contributed by atoms with van der Waals surface area (Å²) in [5, 5.41) is 0.435. The van der Waals surface area contributed by atoms with Crippen molar-refractivity contribution < 1.29 is 18.1 Å². The Kier molecular flexibility index (Phi) is 3.49. The molecule has 2 aromatic rings. The zero-order chi connectivity index (χ0) is 16.1. The van der Waals surface area contributed by atoms with E-state index in [-0.39, 0.29) is 5.56 Å². The molecule has 0 unspecified atom stereocenters. The van der Waals surface area contributed by atoms with Gasteiger partial charge in [0.15, 0.2) is 0 Å². The Bertz CT molecular complexity index is 702. The molecule has 1 fully saturated rings. The van der Waals surface area contributed by atoms with Crippen LogP contribution < -0.4 is 5.46 Å². The van der Waals surface area contributed by atoms with Crippen molar-refractivity contribution in [2.75, 3.05) is 0 Å². The number of halogens is 2. The molecule has 1 aliphatic heterocycles. The van der Waals surface area contributed by atoms with Crippen LogP contribution in [-0.2, 0) is 9.31 Å². The van der Waals surface area contributed by atoms with Crippen LogP contribution in [0.25, 0.3) is 10.9 Å². The highest BCUT2D eigenvalue weighted by Gasteiger charge is 2.51. The number of rotatable bonds is 2. The maximum absolute atomic E-state index is 13.2. The van der Waals surface area contributed by atoms with E-state index >= 15 is 0 Å². The number of alkyl halides is 2. The number of benzene rings is 1. The number of hydrogen-bond donors (Lipinski definition) is 0. The molecule has 1 aromatic carbocycles. The minimum atomic E-state index is -2.54. The van der Waals surface area contributed by atoms with Gasteiger partial charge in [-0.3, -0.25) is 4.98 Å². The van der Waals surface area contributed by atoms with Gasteiger partial charge in [0.25, 0.3) is 6.43 Å².